The first-order chi connectivity index (χ1) is 10.3. The average molecular weight is 284 g/mol. The molecule has 2 aromatic rings. The molecule has 1 unspecified atom stereocenters. The Morgan fingerprint density at radius 2 is 1.90 bits per heavy atom. The molecule has 0 bridgehead atoms. The van der Waals surface area contributed by atoms with Crippen LogP contribution in [0, 0.1) is 0 Å². The Bertz CT molecular complexity index is 604. The van der Waals surface area contributed by atoms with Gasteiger partial charge in [0.15, 0.2) is 0 Å². The lowest BCUT2D eigenvalue weighted by Gasteiger charge is -2.13. The van der Waals surface area contributed by atoms with Crippen molar-refractivity contribution < 1.29 is 14.6 Å². The van der Waals surface area contributed by atoms with Crippen LogP contribution in [0.3, 0.4) is 0 Å². The second kappa shape index (κ2) is 6.19. The van der Waals surface area contributed by atoms with E-state index in [0.29, 0.717) is 6.61 Å². The largest absolute Gasteiger partial charge is 0.494 e. The number of hydrogen-bond donors (Lipinski definition) is 1. The minimum absolute atomic E-state index is 0.615. The fourth-order valence-electron chi connectivity index (χ4n) is 2.54. The number of ether oxygens (including phenoxy) is 2. The van der Waals surface area contributed by atoms with E-state index in [2.05, 4.69) is 6.92 Å². The Morgan fingerprint density at radius 3 is 2.67 bits per heavy atom. The molecule has 110 valence electrons. The second-order valence-corrected chi connectivity index (χ2v) is 5.29. The lowest BCUT2D eigenvalue weighted by atomic mass is 9.99. The Hall–Kier alpha value is -2.00. The van der Waals surface area contributed by atoms with Crippen LogP contribution in [0.15, 0.2) is 42.5 Å². The maximum Gasteiger partial charge on any atom is 0.122 e. The van der Waals surface area contributed by atoms with E-state index in [4.69, 9.17) is 9.47 Å². The van der Waals surface area contributed by atoms with E-state index in [1.165, 1.54) is 5.56 Å². The molecule has 0 saturated carbocycles. The minimum atomic E-state index is -0.615. The molecule has 21 heavy (non-hydrogen) atoms. The molecule has 0 radical (unpaired) electrons. The lowest BCUT2D eigenvalue weighted by Crippen LogP contribution is -2.01. The van der Waals surface area contributed by atoms with Crippen molar-refractivity contribution in [1.29, 1.82) is 0 Å². The van der Waals surface area contributed by atoms with Gasteiger partial charge in [0.1, 0.15) is 17.6 Å². The minimum Gasteiger partial charge on any atom is -0.494 e. The monoisotopic (exact) mass is 284 g/mol. The quantitative estimate of drug-likeness (QED) is 0.913. The van der Waals surface area contributed by atoms with E-state index in [1.807, 2.05) is 42.5 Å². The van der Waals surface area contributed by atoms with Crippen LogP contribution in [0.5, 0.6) is 11.5 Å². The highest BCUT2D eigenvalue weighted by Crippen LogP contribution is 2.31. The first kappa shape index (κ1) is 14.0. The summed E-state index contributed by atoms with van der Waals surface area (Å²) >= 11 is 0. The lowest BCUT2D eigenvalue weighted by molar-refractivity contribution is 0.220. The fraction of sp³-hybridized carbons (Fsp3) is 0.333. The standard InChI is InChI=1S/C18H20O3/c1-2-10-20-16-6-3-13(4-7-16)18(19)15-5-8-17-14(12-15)9-11-21-17/h3-8,12,18-19H,2,9-11H2,1H3. The van der Waals surface area contributed by atoms with E-state index >= 15 is 0 Å². The molecule has 1 aliphatic rings. The van der Waals surface area contributed by atoms with Crippen molar-refractivity contribution in [2.45, 2.75) is 25.9 Å². The van der Waals surface area contributed by atoms with Crippen molar-refractivity contribution >= 4 is 0 Å². The third-order valence-electron chi connectivity index (χ3n) is 3.70. The number of aliphatic hydroxyl groups is 1. The number of rotatable bonds is 5. The average Bonchev–Trinajstić information content (AvgIpc) is 3.00. The molecule has 3 nitrogen and oxygen atoms in total. The second-order valence-electron chi connectivity index (χ2n) is 5.29. The number of benzene rings is 2. The van der Waals surface area contributed by atoms with Gasteiger partial charge in [-0.15, -0.1) is 0 Å². The molecule has 0 spiro atoms. The summed E-state index contributed by atoms with van der Waals surface area (Å²) in [7, 11) is 0. The van der Waals surface area contributed by atoms with Crippen molar-refractivity contribution in [1.82, 2.24) is 0 Å². The summed E-state index contributed by atoms with van der Waals surface area (Å²) in [5.41, 5.74) is 2.95. The van der Waals surface area contributed by atoms with Crippen molar-refractivity contribution in [2.75, 3.05) is 13.2 Å². The van der Waals surface area contributed by atoms with Crippen molar-refractivity contribution in [3.05, 3.63) is 59.2 Å². The predicted molar refractivity (Wildman–Crippen MR) is 81.9 cm³/mol. The van der Waals surface area contributed by atoms with Crippen molar-refractivity contribution in [3.8, 4) is 11.5 Å². The van der Waals surface area contributed by atoms with Crippen LogP contribution in [0.4, 0.5) is 0 Å². The number of aliphatic hydroxyl groups excluding tert-OH is 1. The van der Waals surface area contributed by atoms with Gasteiger partial charge in [-0.1, -0.05) is 25.1 Å². The van der Waals surface area contributed by atoms with Gasteiger partial charge < -0.3 is 14.6 Å². The van der Waals surface area contributed by atoms with Gasteiger partial charge in [0.2, 0.25) is 0 Å². The molecule has 3 heteroatoms. The van der Waals surface area contributed by atoms with E-state index in [9.17, 15) is 5.11 Å². The molecule has 0 amide bonds. The third kappa shape index (κ3) is 3.03. The predicted octanol–water partition coefficient (Wildman–Crippen LogP) is 3.49. The molecular formula is C18H20O3. The Balaban J connectivity index is 1.76. The van der Waals surface area contributed by atoms with Crippen LogP contribution < -0.4 is 9.47 Å². The van der Waals surface area contributed by atoms with Crippen LogP contribution in [0.1, 0.15) is 36.1 Å². The molecule has 1 heterocycles. The smallest absolute Gasteiger partial charge is 0.122 e. The molecule has 0 saturated heterocycles. The highest BCUT2D eigenvalue weighted by molar-refractivity contribution is 5.43. The van der Waals surface area contributed by atoms with Gasteiger partial charge in [-0.25, -0.2) is 0 Å². The van der Waals surface area contributed by atoms with E-state index in [1.54, 1.807) is 0 Å². The summed E-state index contributed by atoms with van der Waals surface area (Å²) in [6.45, 7) is 3.53. The highest BCUT2D eigenvalue weighted by Gasteiger charge is 2.16. The van der Waals surface area contributed by atoms with E-state index in [0.717, 1.165) is 42.1 Å². The van der Waals surface area contributed by atoms with Gasteiger partial charge in [-0.3, -0.25) is 0 Å². The van der Waals surface area contributed by atoms with Crippen molar-refractivity contribution in [3.63, 3.8) is 0 Å². The maximum absolute atomic E-state index is 10.5. The molecule has 1 aliphatic heterocycles. The molecule has 0 aromatic heterocycles. The summed E-state index contributed by atoms with van der Waals surface area (Å²) in [5, 5.41) is 10.5. The van der Waals surface area contributed by atoms with E-state index < -0.39 is 6.10 Å². The molecule has 1 atom stereocenters. The van der Waals surface area contributed by atoms with Gasteiger partial charge in [0.25, 0.3) is 0 Å². The van der Waals surface area contributed by atoms with Gasteiger partial charge in [-0.2, -0.15) is 0 Å². The first-order valence-corrected chi connectivity index (χ1v) is 7.44. The maximum atomic E-state index is 10.5. The fourth-order valence-corrected chi connectivity index (χ4v) is 2.54. The van der Waals surface area contributed by atoms with Gasteiger partial charge >= 0.3 is 0 Å². The van der Waals surface area contributed by atoms with Gasteiger partial charge in [0.05, 0.1) is 13.2 Å². The Labute approximate surface area is 125 Å². The van der Waals surface area contributed by atoms with Crippen LogP contribution in [0.25, 0.3) is 0 Å². The summed E-state index contributed by atoms with van der Waals surface area (Å²) < 4.78 is 11.1. The first-order valence-electron chi connectivity index (χ1n) is 7.44. The van der Waals surface area contributed by atoms with E-state index in [-0.39, 0.29) is 0 Å². The summed E-state index contributed by atoms with van der Waals surface area (Å²) in [4.78, 5) is 0. The third-order valence-corrected chi connectivity index (χ3v) is 3.70. The zero-order chi connectivity index (χ0) is 14.7. The van der Waals surface area contributed by atoms with Gasteiger partial charge in [0, 0.05) is 6.42 Å². The zero-order valence-corrected chi connectivity index (χ0v) is 12.2. The molecule has 3 rings (SSSR count). The summed E-state index contributed by atoms with van der Waals surface area (Å²) in [6.07, 6.45) is 1.29. The number of hydrogen-bond acceptors (Lipinski definition) is 3. The molecular weight excluding hydrogens is 264 g/mol. The molecule has 2 aromatic carbocycles. The Kier molecular flexibility index (Phi) is 4.11. The topological polar surface area (TPSA) is 38.7 Å². The molecule has 1 N–H and O–H groups in total. The molecule has 0 aliphatic carbocycles. The zero-order valence-electron chi connectivity index (χ0n) is 12.2. The highest BCUT2D eigenvalue weighted by atomic mass is 16.5. The van der Waals surface area contributed by atoms with Crippen LogP contribution in [-0.4, -0.2) is 18.3 Å². The van der Waals surface area contributed by atoms with Crippen LogP contribution in [0.2, 0.25) is 0 Å². The normalized spacial score (nSPS) is 14.4. The summed E-state index contributed by atoms with van der Waals surface area (Å²) in [5.74, 6) is 1.78. The Morgan fingerprint density at radius 1 is 1.14 bits per heavy atom. The molecule has 0 fully saturated rings. The van der Waals surface area contributed by atoms with Gasteiger partial charge in [-0.05, 0) is 47.4 Å². The SMILES string of the molecule is CCCOc1ccc(C(O)c2ccc3c(c2)CCO3)cc1. The summed E-state index contributed by atoms with van der Waals surface area (Å²) in [6, 6.07) is 13.6. The van der Waals surface area contributed by atoms with Crippen LogP contribution >= 0.6 is 0 Å². The van der Waals surface area contributed by atoms with Crippen molar-refractivity contribution in [2.24, 2.45) is 0 Å². The van der Waals surface area contributed by atoms with Crippen LogP contribution in [-0.2, 0) is 6.42 Å². The number of fused-ring (bicyclic) bond motifs is 1.